The van der Waals surface area contributed by atoms with Crippen LogP contribution in [0, 0.1) is 0 Å². The second-order valence-electron chi connectivity index (χ2n) is 3.70. The molecule has 0 amide bonds. The van der Waals surface area contributed by atoms with Crippen LogP contribution in [0.25, 0.3) is 0 Å². The summed E-state index contributed by atoms with van der Waals surface area (Å²) in [5.41, 5.74) is 2.56. The lowest BCUT2D eigenvalue weighted by molar-refractivity contribution is 0.00300. The van der Waals surface area contributed by atoms with Crippen molar-refractivity contribution in [3.63, 3.8) is 0 Å². The molecule has 2 aromatic rings. The molecule has 1 atom stereocenters. The van der Waals surface area contributed by atoms with Crippen LogP contribution in [0.5, 0.6) is 0 Å². The molecule has 1 unspecified atom stereocenters. The van der Waals surface area contributed by atoms with Crippen LogP contribution in [0.1, 0.15) is 27.8 Å². The van der Waals surface area contributed by atoms with E-state index >= 15 is 0 Å². The number of hydrogen-bond acceptors (Lipinski definition) is 4. The maximum Gasteiger partial charge on any atom is 0.170 e. The van der Waals surface area contributed by atoms with E-state index in [0.717, 1.165) is 18.5 Å². The Labute approximate surface area is 96.5 Å². The molecule has 3 heterocycles. The van der Waals surface area contributed by atoms with E-state index in [9.17, 15) is 4.79 Å². The Morgan fingerprint density at radius 3 is 3.31 bits per heavy atom. The molecule has 5 heteroatoms. The number of aromatic nitrogens is 2. The zero-order valence-electron chi connectivity index (χ0n) is 8.50. The highest BCUT2D eigenvalue weighted by atomic mass is 32.1. The van der Waals surface area contributed by atoms with Crippen molar-refractivity contribution < 1.29 is 9.53 Å². The minimum atomic E-state index is 0.0763. The zero-order chi connectivity index (χ0) is 11.0. The van der Waals surface area contributed by atoms with Gasteiger partial charge in [0.15, 0.2) is 6.29 Å². The van der Waals surface area contributed by atoms with Gasteiger partial charge in [0.25, 0.3) is 0 Å². The van der Waals surface area contributed by atoms with Gasteiger partial charge in [-0.2, -0.15) is 11.3 Å². The highest BCUT2D eigenvalue weighted by Crippen LogP contribution is 2.28. The van der Waals surface area contributed by atoms with Gasteiger partial charge >= 0.3 is 0 Å². The monoisotopic (exact) mass is 234 g/mol. The van der Waals surface area contributed by atoms with Crippen LogP contribution in [-0.4, -0.2) is 15.8 Å². The summed E-state index contributed by atoms with van der Waals surface area (Å²) >= 11 is 1.66. The third-order valence-corrected chi connectivity index (χ3v) is 3.49. The normalized spacial score (nSPS) is 19.4. The van der Waals surface area contributed by atoms with Gasteiger partial charge in [-0.1, -0.05) is 0 Å². The topological polar surface area (TPSA) is 44.1 Å². The Morgan fingerprint density at radius 1 is 1.62 bits per heavy atom. The van der Waals surface area contributed by atoms with Crippen molar-refractivity contribution in [3.8, 4) is 0 Å². The summed E-state index contributed by atoms with van der Waals surface area (Å²) < 4.78 is 7.73. The predicted octanol–water partition coefficient (Wildman–Crippen LogP) is 2.03. The summed E-state index contributed by atoms with van der Waals surface area (Å²) in [5, 5.41) is 4.13. The van der Waals surface area contributed by atoms with Crippen LogP contribution in [0.2, 0.25) is 0 Å². The average molecular weight is 234 g/mol. The van der Waals surface area contributed by atoms with Gasteiger partial charge in [0.05, 0.1) is 25.2 Å². The van der Waals surface area contributed by atoms with Crippen molar-refractivity contribution in [1.82, 2.24) is 9.55 Å². The predicted molar refractivity (Wildman–Crippen MR) is 59.5 cm³/mol. The molecule has 82 valence electrons. The zero-order valence-corrected chi connectivity index (χ0v) is 9.31. The van der Waals surface area contributed by atoms with Gasteiger partial charge in [-0.25, -0.2) is 4.98 Å². The van der Waals surface area contributed by atoms with Crippen molar-refractivity contribution in [2.24, 2.45) is 0 Å². The SMILES string of the molecule is O=Cc1ncn2c1COC(c1ccsc1)C2. The Kier molecular flexibility index (Phi) is 2.34. The second-order valence-corrected chi connectivity index (χ2v) is 4.48. The molecule has 0 radical (unpaired) electrons. The number of carbonyl (C=O) groups excluding carboxylic acids is 1. The molecule has 1 aliphatic heterocycles. The van der Waals surface area contributed by atoms with Gasteiger partial charge in [0.2, 0.25) is 0 Å². The third-order valence-electron chi connectivity index (χ3n) is 2.79. The van der Waals surface area contributed by atoms with Crippen LogP contribution in [-0.2, 0) is 17.9 Å². The van der Waals surface area contributed by atoms with Crippen LogP contribution < -0.4 is 0 Å². The molecular weight excluding hydrogens is 224 g/mol. The number of fused-ring (bicyclic) bond motifs is 1. The molecule has 0 aromatic carbocycles. The fraction of sp³-hybridized carbons (Fsp3) is 0.273. The molecule has 0 saturated heterocycles. The molecule has 0 N–H and O–H groups in total. The minimum Gasteiger partial charge on any atom is -0.365 e. The van der Waals surface area contributed by atoms with Crippen LogP contribution >= 0.6 is 11.3 Å². The first-order chi connectivity index (χ1) is 7.88. The van der Waals surface area contributed by atoms with Gasteiger partial charge < -0.3 is 9.30 Å². The summed E-state index contributed by atoms with van der Waals surface area (Å²) in [4.78, 5) is 14.8. The molecule has 0 saturated carbocycles. The van der Waals surface area contributed by atoms with Crippen molar-refractivity contribution >= 4 is 17.6 Å². The maximum atomic E-state index is 10.7. The molecule has 0 fully saturated rings. The highest BCUT2D eigenvalue weighted by molar-refractivity contribution is 7.07. The summed E-state index contributed by atoms with van der Waals surface area (Å²) in [7, 11) is 0. The van der Waals surface area contributed by atoms with Crippen molar-refractivity contribution in [2.45, 2.75) is 19.3 Å². The average Bonchev–Trinajstić information content (AvgIpc) is 2.97. The third kappa shape index (κ3) is 1.48. The summed E-state index contributed by atoms with van der Waals surface area (Å²) in [5.74, 6) is 0. The number of aldehydes is 1. The maximum absolute atomic E-state index is 10.7. The summed E-state index contributed by atoms with van der Waals surface area (Å²) in [6.07, 6.45) is 2.56. The fourth-order valence-corrected chi connectivity index (χ4v) is 2.61. The van der Waals surface area contributed by atoms with Crippen molar-refractivity contribution in [2.75, 3.05) is 0 Å². The number of carbonyl (C=O) groups is 1. The van der Waals surface area contributed by atoms with Gasteiger partial charge in [0, 0.05) is 0 Å². The van der Waals surface area contributed by atoms with E-state index in [0.29, 0.717) is 12.3 Å². The standard InChI is InChI=1S/C11H10N2O2S/c14-4-9-10-5-15-11(3-13(10)7-12-9)8-1-2-16-6-8/h1-2,4,6-7,11H,3,5H2. The molecule has 0 bridgehead atoms. The number of ether oxygens (including phenoxy) is 1. The van der Waals surface area contributed by atoms with E-state index in [2.05, 4.69) is 16.4 Å². The van der Waals surface area contributed by atoms with E-state index < -0.39 is 0 Å². The molecule has 16 heavy (non-hydrogen) atoms. The lowest BCUT2D eigenvalue weighted by Crippen LogP contribution is -2.20. The lowest BCUT2D eigenvalue weighted by Gasteiger charge is -2.24. The van der Waals surface area contributed by atoms with E-state index in [1.807, 2.05) is 9.95 Å². The van der Waals surface area contributed by atoms with E-state index in [4.69, 9.17) is 4.74 Å². The van der Waals surface area contributed by atoms with Gasteiger partial charge in [-0.15, -0.1) is 0 Å². The second kappa shape index (κ2) is 3.84. The van der Waals surface area contributed by atoms with E-state index in [-0.39, 0.29) is 6.10 Å². The van der Waals surface area contributed by atoms with Crippen LogP contribution in [0.4, 0.5) is 0 Å². The highest BCUT2D eigenvalue weighted by Gasteiger charge is 2.23. The molecule has 4 nitrogen and oxygen atoms in total. The molecule has 3 rings (SSSR count). The quantitative estimate of drug-likeness (QED) is 0.747. The van der Waals surface area contributed by atoms with Crippen LogP contribution in [0.15, 0.2) is 23.2 Å². The smallest absolute Gasteiger partial charge is 0.170 e. The van der Waals surface area contributed by atoms with Crippen molar-refractivity contribution in [1.29, 1.82) is 0 Å². The number of rotatable bonds is 2. The first-order valence-corrected chi connectivity index (χ1v) is 5.95. The molecule has 1 aliphatic rings. The number of nitrogens with zero attached hydrogens (tertiary/aromatic N) is 2. The Morgan fingerprint density at radius 2 is 2.56 bits per heavy atom. The number of imidazole rings is 1. The largest absolute Gasteiger partial charge is 0.365 e. The number of hydrogen-bond donors (Lipinski definition) is 0. The lowest BCUT2D eigenvalue weighted by atomic mass is 10.1. The minimum absolute atomic E-state index is 0.0763. The van der Waals surface area contributed by atoms with Gasteiger partial charge in [-0.3, -0.25) is 4.79 Å². The Bertz CT molecular complexity index is 504. The van der Waals surface area contributed by atoms with Gasteiger partial charge in [0.1, 0.15) is 11.8 Å². The Hall–Kier alpha value is -1.46. The molecule has 0 aliphatic carbocycles. The Balaban J connectivity index is 1.90. The summed E-state index contributed by atoms with van der Waals surface area (Å²) in [6, 6.07) is 2.07. The molecule has 0 spiro atoms. The van der Waals surface area contributed by atoms with E-state index in [1.54, 1.807) is 17.7 Å². The molecular formula is C11H10N2O2S. The first-order valence-electron chi connectivity index (χ1n) is 5.01. The van der Waals surface area contributed by atoms with Crippen LogP contribution in [0.3, 0.4) is 0 Å². The van der Waals surface area contributed by atoms with E-state index in [1.165, 1.54) is 5.56 Å². The first kappa shape index (κ1) is 9.74. The summed E-state index contributed by atoms with van der Waals surface area (Å²) in [6.45, 7) is 1.18. The van der Waals surface area contributed by atoms with Crippen molar-refractivity contribution in [3.05, 3.63) is 40.1 Å². The fourth-order valence-electron chi connectivity index (χ4n) is 1.91. The van der Waals surface area contributed by atoms with Gasteiger partial charge in [-0.05, 0) is 22.4 Å². The molecule has 2 aromatic heterocycles. The number of thiophene rings is 1.